The van der Waals surface area contributed by atoms with Gasteiger partial charge < -0.3 is 11.5 Å². The molecule has 0 bridgehead atoms. The summed E-state index contributed by atoms with van der Waals surface area (Å²) < 4.78 is 0. The molecule has 0 aromatic carbocycles. The summed E-state index contributed by atoms with van der Waals surface area (Å²) >= 11 is 0. The van der Waals surface area contributed by atoms with Crippen LogP contribution in [0.1, 0.15) is 13.3 Å². The Hall–Kier alpha value is 1.15. The molecule has 1 unspecified atom stereocenters. The van der Waals surface area contributed by atoms with Crippen molar-refractivity contribution in [2.24, 2.45) is 5.92 Å². The molecule has 8 heavy (non-hydrogen) atoms. The third kappa shape index (κ3) is 4.08. The summed E-state index contributed by atoms with van der Waals surface area (Å²) in [5, 5.41) is 10.3. The SMILES string of the molecule is CC([O-])[C@@H]1[CH-]C1.[Li+].[Li+]. The van der Waals surface area contributed by atoms with Gasteiger partial charge in [0.15, 0.2) is 0 Å². The van der Waals surface area contributed by atoms with E-state index < -0.39 is 0 Å². The fourth-order valence-electron chi connectivity index (χ4n) is 0.462. The molecule has 0 amide bonds. The Balaban J connectivity index is 0. The zero-order valence-electron chi connectivity index (χ0n) is 5.85. The molecule has 1 fully saturated rings. The van der Waals surface area contributed by atoms with E-state index in [2.05, 4.69) is 6.42 Å². The maximum Gasteiger partial charge on any atom is 1.00 e. The minimum atomic E-state index is -0.343. The summed E-state index contributed by atoms with van der Waals surface area (Å²) in [5.74, 6) is 0.421. The van der Waals surface area contributed by atoms with Crippen LogP contribution in [0.3, 0.4) is 0 Å². The molecular weight excluding hydrogens is 89.9 g/mol. The summed E-state index contributed by atoms with van der Waals surface area (Å²) in [6.45, 7) is 1.72. The Morgan fingerprint density at radius 3 is 2.00 bits per heavy atom. The topological polar surface area (TPSA) is 23.1 Å². The quantitative estimate of drug-likeness (QED) is 0.236. The van der Waals surface area contributed by atoms with Crippen molar-refractivity contribution in [3.8, 4) is 0 Å². The Kier molecular flexibility index (Phi) is 7.40. The molecule has 1 aliphatic carbocycles. The van der Waals surface area contributed by atoms with Gasteiger partial charge in [-0.1, -0.05) is 6.92 Å². The van der Waals surface area contributed by atoms with Crippen LogP contribution < -0.4 is 42.8 Å². The molecule has 1 rings (SSSR count). The largest absolute Gasteiger partial charge is 1.00 e. The van der Waals surface area contributed by atoms with E-state index in [9.17, 15) is 5.11 Å². The van der Waals surface area contributed by atoms with Gasteiger partial charge in [-0.25, -0.2) is 12.3 Å². The van der Waals surface area contributed by atoms with Crippen LogP contribution in [0.15, 0.2) is 0 Å². The van der Waals surface area contributed by atoms with Crippen LogP contribution in [0.25, 0.3) is 0 Å². The molecule has 2 atom stereocenters. The van der Waals surface area contributed by atoms with E-state index in [1.807, 2.05) is 0 Å². The fraction of sp³-hybridized carbons (Fsp3) is 0.800. The molecule has 1 saturated carbocycles. The Morgan fingerprint density at radius 1 is 1.62 bits per heavy atom. The van der Waals surface area contributed by atoms with Gasteiger partial charge in [0, 0.05) is 0 Å². The Labute approximate surface area is 74.6 Å². The average molecular weight is 98.0 g/mol. The summed E-state index contributed by atoms with van der Waals surface area (Å²) in [6, 6.07) is 0. The maximum absolute atomic E-state index is 10.3. The van der Waals surface area contributed by atoms with Crippen molar-refractivity contribution in [1.29, 1.82) is 0 Å². The Bertz CT molecular complexity index is 52.4. The van der Waals surface area contributed by atoms with Crippen molar-refractivity contribution < 1.29 is 42.8 Å². The smallest absolute Gasteiger partial charge is 0.854 e. The summed E-state index contributed by atoms with van der Waals surface area (Å²) in [6.07, 6.45) is 2.77. The van der Waals surface area contributed by atoms with E-state index in [1.165, 1.54) is 0 Å². The molecule has 0 radical (unpaired) electrons. The van der Waals surface area contributed by atoms with Gasteiger partial charge in [0.05, 0.1) is 0 Å². The first-order chi connectivity index (χ1) is 2.80. The zero-order chi connectivity index (χ0) is 4.57. The second-order valence-corrected chi connectivity index (χ2v) is 1.84. The van der Waals surface area contributed by atoms with Crippen molar-refractivity contribution in [1.82, 2.24) is 0 Å². The predicted molar refractivity (Wildman–Crippen MR) is 21.9 cm³/mol. The average Bonchev–Trinajstić information content (AvgIpc) is 2.06. The van der Waals surface area contributed by atoms with E-state index in [-0.39, 0.29) is 43.8 Å². The van der Waals surface area contributed by atoms with Gasteiger partial charge in [-0.2, -0.15) is 6.10 Å². The fourth-order valence-corrected chi connectivity index (χ4v) is 0.462. The van der Waals surface area contributed by atoms with Crippen molar-refractivity contribution >= 4 is 0 Å². The molecule has 3 heteroatoms. The van der Waals surface area contributed by atoms with Crippen LogP contribution in [-0.2, 0) is 0 Å². The van der Waals surface area contributed by atoms with Crippen LogP contribution in [0.4, 0.5) is 0 Å². The molecule has 1 aliphatic rings. The van der Waals surface area contributed by atoms with Gasteiger partial charge in [0.1, 0.15) is 0 Å². The minimum Gasteiger partial charge on any atom is -0.854 e. The van der Waals surface area contributed by atoms with Crippen LogP contribution in [0.2, 0.25) is 0 Å². The van der Waals surface area contributed by atoms with Gasteiger partial charge in [0.25, 0.3) is 0 Å². The first-order valence-corrected chi connectivity index (χ1v) is 2.30. The van der Waals surface area contributed by atoms with Crippen molar-refractivity contribution in [3.05, 3.63) is 6.42 Å². The summed E-state index contributed by atoms with van der Waals surface area (Å²) in [5.41, 5.74) is 0. The number of rotatable bonds is 1. The summed E-state index contributed by atoms with van der Waals surface area (Å²) in [7, 11) is 0. The van der Waals surface area contributed by atoms with E-state index >= 15 is 0 Å². The Morgan fingerprint density at radius 2 is 2.00 bits per heavy atom. The zero-order valence-corrected chi connectivity index (χ0v) is 5.85. The van der Waals surface area contributed by atoms with Crippen molar-refractivity contribution in [3.63, 3.8) is 0 Å². The molecule has 0 N–H and O–H groups in total. The molecule has 0 aliphatic heterocycles. The number of hydrogen-bond acceptors (Lipinski definition) is 1. The van der Waals surface area contributed by atoms with E-state index in [0.29, 0.717) is 5.92 Å². The van der Waals surface area contributed by atoms with Gasteiger partial charge >= 0.3 is 37.7 Å². The molecule has 0 heterocycles. The first-order valence-electron chi connectivity index (χ1n) is 2.30. The molecule has 0 spiro atoms. The van der Waals surface area contributed by atoms with Crippen LogP contribution >= 0.6 is 0 Å². The normalized spacial score (nSPS) is 27.0. The predicted octanol–water partition coefficient (Wildman–Crippen LogP) is -6.03. The van der Waals surface area contributed by atoms with Crippen LogP contribution in [0.5, 0.6) is 0 Å². The molecule has 0 aromatic rings. The molecule has 1 nitrogen and oxygen atoms in total. The van der Waals surface area contributed by atoms with Gasteiger partial charge in [-0.05, 0) is 0 Å². The molecule has 0 aromatic heterocycles. The molecular formula is C5H8Li2O. The molecule has 36 valence electrons. The monoisotopic (exact) mass is 98.1 g/mol. The second-order valence-electron chi connectivity index (χ2n) is 1.84. The van der Waals surface area contributed by atoms with Crippen LogP contribution in [-0.4, -0.2) is 6.10 Å². The van der Waals surface area contributed by atoms with Gasteiger partial charge in [0.2, 0.25) is 0 Å². The minimum absolute atomic E-state index is 0. The summed E-state index contributed by atoms with van der Waals surface area (Å²) in [4.78, 5) is 0. The van der Waals surface area contributed by atoms with Gasteiger partial charge in [-0.3, -0.25) is 0 Å². The van der Waals surface area contributed by atoms with E-state index in [0.717, 1.165) is 6.42 Å². The van der Waals surface area contributed by atoms with Crippen molar-refractivity contribution in [2.45, 2.75) is 19.4 Å². The van der Waals surface area contributed by atoms with Crippen LogP contribution in [0, 0.1) is 12.3 Å². The number of hydrogen-bond donors (Lipinski definition) is 0. The second kappa shape index (κ2) is 4.98. The first kappa shape index (κ1) is 11.9. The third-order valence-corrected chi connectivity index (χ3v) is 1.11. The van der Waals surface area contributed by atoms with Gasteiger partial charge in [-0.15, -0.1) is 0 Å². The van der Waals surface area contributed by atoms with Crippen molar-refractivity contribution in [2.75, 3.05) is 0 Å². The van der Waals surface area contributed by atoms with E-state index in [1.54, 1.807) is 6.92 Å². The standard InChI is InChI=1S/C5H8O.2Li/c1-4(6)5-2-3-5;;/h2,4-5H,3H2,1H3;;/q-2;2*+1/t4?,5-;;/m1../s1. The maximum atomic E-state index is 10.3. The van der Waals surface area contributed by atoms with E-state index in [4.69, 9.17) is 0 Å². The molecule has 0 saturated heterocycles. The third-order valence-electron chi connectivity index (χ3n) is 1.11.